The number of rotatable bonds is 4. The smallest absolute Gasteiger partial charge is 0.136 e. The van der Waals surface area contributed by atoms with Gasteiger partial charge in [-0.25, -0.2) is 0 Å². The molecule has 0 saturated heterocycles. The molecule has 0 heterocycles. The summed E-state index contributed by atoms with van der Waals surface area (Å²) in [5.74, 6) is 0.975. The number of likely N-dealkylation sites (N-methyl/N-ethyl adjacent to an activating group) is 1. The van der Waals surface area contributed by atoms with Gasteiger partial charge in [0.15, 0.2) is 0 Å². The van der Waals surface area contributed by atoms with Crippen molar-refractivity contribution in [3.8, 4) is 5.75 Å². The zero-order valence-electron chi connectivity index (χ0n) is 9.78. The monoisotopic (exact) mass is 271 g/mol. The van der Waals surface area contributed by atoms with Crippen LogP contribution in [-0.2, 0) is 6.42 Å². The Kier molecular flexibility index (Phi) is 4.61. The van der Waals surface area contributed by atoms with Crippen LogP contribution in [0.3, 0.4) is 0 Å². The fourth-order valence-electron chi connectivity index (χ4n) is 1.74. The molecule has 0 aliphatic heterocycles. The number of methoxy groups -OCH3 is 1. The molecule has 0 aliphatic rings. The molecule has 84 valence electrons. The molecule has 1 aromatic rings. The number of nitrogens with one attached hydrogen (secondary N) is 1. The van der Waals surface area contributed by atoms with Crippen molar-refractivity contribution in [2.75, 3.05) is 20.7 Å². The molecule has 0 bridgehead atoms. The zero-order chi connectivity index (χ0) is 11.4. The van der Waals surface area contributed by atoms with Gasteiger partial charge < -0.3 is 10.1 Å². The van der Waals surface area contributed by atoms with Gasteiger partial charge in [0.05, 0.1) is 11.6 Å². The minimum atomic E-state index is 0.965. The zero-order valence-corrected chi connectivity index (χ0v) is 11.4. The lowest BCUT2D eigenvalue weighted by molar-refractivity contribution is 0.405. The second-order valence-corrected chi connectivity index (χ2v) is 4.48. The van der Waals surface area contributed by atoms with Gasteiger partial charge in [-0.1, -0.05) is 6.07 Å². The number of ether oxygens (including phenoxy) is 1. The van der Waals surface area contributed by atoms with E-state index in [9.17, 15) is 0 Å². The highest BCUT2D eigenvalue weighted by molar-refractivity contribution is 9.10. The first-order valence-electron chi connectivity index (χ1n) is 5.09. The lowest BCUT2D eigenvalue weighted by Crippen LogP contribution is -2.12. The normalized spacial score (nSPS) is 10.5. The minimum Gasteiger partial charge on any atom is -0.495 e. The molecule has 0 unspecified atom stereocenters. The molecule has 1 rings (SSSR count). The number of hydrogen-bond donors (Lipinski definition) is 1. The molecule has 3 heteroatoms. The predicted molar refractivity (Wildman–Crippen MR) is 67.8 cm³/mol. The van der Waals surface area contributed by atoms with E-state index in [4.69, 9.17) is 4.74 Å². The molecule has 1 N–H and O–H groups in total. The van der Waals surface area contributed by atoms with Gasteiger partial charge in [0.25, 0.3) is 0 Å². The molecule has 0 fully saturated rings. The van der Waals surface area contributed by atoms with Crippen molar-refractivity contribution < 1.29 is 4.74 Å². The van der Waals surface area contributed by atoms with Crippen molar-refractivity contribution in [1.29, 1.82) is 0 Å². The van der Waals surface area contributed by atoms with Crippen molar-refractivity contribution in [1.82, 2.24) is 5.32 Å². The van der Waals surface area contributed by atoms with E-state index in [1.54, 1.807) is 7.11 Å². The van der Waals surface area contributed by atoms with Crippen molar-refractivity contribution in [2.24, 2.45) is 0 Å². The van der Waals surface area contributed by atoms with Crippen LogP contribution in [0.25, 0.3) is 0 Å². The van der Waals surface area contributed by atoms with E-state index in [1.165, 1.54) is 16.7 Å². The Bertz CT molecular complexity index is 350. The fraction of sp³-hybridized carbons (Fsp3) is 0.500. The number of aryl methyl sites for hydroxylation is 2. The Morgan fingerprint density at radius 1 is 1.33 bits per heavy atom. The maximum Gasteiger partial charge on any atom is 0.136 e. The van der Waals surface area contributed by atoms with Gasteiger partial charge in [0, 0.05) is 0 Å². The maximum absolute atomic E-state index is 5.46. The van der Waals surface area contributed by atoms with E-state index in [-0.39, 0.29) is 0 Å². The van der Waals surface area contributed by atoms with Crippen LogP contribution in [-0.4, -0.2) is 20.7 Å². The summed E-state index contributed by atoms with van der Waals surface area (Å²) >= 11 is 3.57. The predicted octanol–water partition coefficient (Wildman–Crippen LogP) is 2.84. The summed E-state index contributed by atoms with van der Waals surface area (Å²) in [4.78, 5) is 0. The number of hydrogen-bond acceptors (Lipinski definition) is 2. The number of halogens is 1. The van der Waals surface area contributed by atoms with Crippen LogP contribution < -0.4 is 10.1 Å². The third-order valence-corrected chi connectivity index (χ3v) is 3.54. The average molecular weight is 272 g/mol. The molecule has 0 aromatic heterocycles. The molecular weight excluding hydrogens is 254 g/mol. The second kappa shape index (κ2) is 5.52. The SMILES string of the molecule is CNCCc1c(C)cc(C)c(Br)c1OC. The summed E-state index contributed by atoms with van der Waals surface area (Å²) in [6, 6.07) is 2.19. The lowest BCUT2D eigenvalue weighted by Gasteiger charge is -2.15. The van der Waals surface area contributed by atoms with Gasteiger partial charge in [-0.3, -0.25) is 0 Å². The highest BCUT2D eigenvalue weighted by atomic mass is 79.9. The van der Waals surface area contributed by atoms with Crippen LogP contribution in [0.2, 0.25) is 0 Å². The molecule has 0 atom stereocenters. The summed E-state index contributed by atoms with van der Waals surface area (Å²) in [7, 11) is 3.69. The van der Waals surface area contributed by atoms with Crippen LogP contribution in [0.1, 0.15) is 16.7 Å². The van der Waals surface area contributed by atoms with Crippen molar-refractivity contribution >= 4 is 15.9 Å². The quantitative estimate of drug-likeness (QED) is 0.910. The summed E-state index contributed by atoms with van der Waals surface area (Å²) in [5.41, 5.74) is 3.80. The van der Waals surface area contributed by atoms with Gasteiger partial charge >= 0.3 is 0 Å². The first-order valence-corrected chi connectivity index (χ1v) is 5.88. The molecular formula is C12H18BrNO. The fourth-order valence-corrected chi connectivity index (χ4v) is 2.26. The van der Waals surface area contributed by atoms with Crippen molar-refractivity contribution in [3.63, 3.8) is 0 Å². The molecule has 0 radical (unpaired) electrons. The van der Waals surface area contributed by atoms with Gasteiger partial charge in [-0.15, -0.1) is 0 Å². The Hall–Kier alpha value is -0.540. The van der Waals surface area contributed by atoms with Crippen LogP contribution >= 0.6 is 15.9 Å². The molecule has 15 heavy (non-hydrogen) atoms. The van der Waals surface area contributed by atoms with Crippen molar-refractivity contribution in [2.45, 2.75) is 20.3 Å². The molecule has 0 spiro atoms. The third-order valence-electron chi connectivity index (χ3n) is 2.56. The van der Waals surface area contributed by atoms with Crippen LogP contribution in [0.4, 0.5) is 0 Å². The van der Waals surface area contributed by atoms with E-state index in [1.807, 2.05) is 7.05 Å². The Balaban J connectivity index is 3.16. The van der Waals surface area contributed by atoms with Crippen LogP contribution in [0.15, 0.2) is 10.5 Å². The molecule has 0 saturated carbocycles. The molecule has 0 aliphatic carbocycles. The molecule has 1 aromatic carbocycles. The highest BCUT2D eigenvalue weighted by Crippen LogP contribution is 2.34. The summed E-state index contributed by atoms with van der Waals surface area (Å²) in [5, 5.41) is 3.16. The van der Waals surface area contributed by atoms with Gasteiger partial charge in [-0.05, 0) is 66.5 Å². The summed E-state index contributed by atoms with van der Waals surface area (Å²) < 4.78 is 6.53. The van der Waals surface area contributed by atoms with Gasteiger partial charge in [0.2, 0.25) is 0 Å². The molecule has 0 amide bonds. The Labute approximate surface area is 100 Å². The molecule has 2 nitrogen and oxygen atoms in total. The van der Waals surface area contributed by atoms with Crippen LogP contribution in [0.5, 0.6) is 5.75 Å². The van der Waals surface area contributed by atoms with Gasteiger partial charge in [-0.2, -0.15) is 0 Å². The first-order chi connectivity index (χ1) is 7.11. The second-order valence-electron chi connectivity index (χ2n) is 3.69. The van der Waals surface area contributed by atoms with E-state index < -0.39 is 0 Å². The Morgan fingerprint density at radius 3 is 2.53 bits per heavy atom. The van der Waals surface area contributed by atoms with Gasteiger partial charge in [0.1, 0.15) is 5.75 Å². The average Bonchev–Trinajstić information content (AvgIpc) is 2.21. The van der Waals surface area contributed by atoms with E-state index in [0.29, 0.717) is 0 Å². The maximum atomic E-state index is 5.46. The topological polar surface area (TPSA) is 21.3 Å². The lowest BCUT2D eigenvalue weighted by atomic mass is 10.0. The largest absolute Gasteiger partial charge is 0.495 e. The minimum absolute atomic E-state index is 0.965. The first kappa shape index (κ1) is 12.5. The highest BCUT2D eigenvalue weighted by Gasteiger charge is 2.12. The van der Waals surface area contributed by atoms with Crippen molar-refractivity contribution in [3.05, 3.63) is 27.2 Å². The van der Waals surface area contributed by atoms with Crippen LogP contribution in [0, 0.1) is 13.8 Å². The third kappa shape index (κ3) is 2.73. The van der Waals surface area contributed by atoms with E-state index in [2.05, 4.69) is 41.2 Å². The van der Waals surface area contributed by atoms with E-state index in [0.717, 1.165) is 23.2 Å². The standard InChI is InChI=1S/C12H18BrNO/c1-8-7-9(2)11(13)12(15-4)10(8)5-6-14-3/h7,14H,5-6H2,1-4H3. The number of benzene rings is 1. The Morgan fingerprint density at radius 2 is 2.00 bits per heavy atom. The summed E-state index contributed by atoms with van der Waals surface area (Å²) in [6.45, 7) is 5.18. The van der Waals surface area contributed by atoms with E-state index >= 15 is 0 Å². The summed E-state index contributed by atoms with van der Waals surface area (Å²) in [6.07, 6.45) is 0.990.